The lowest BCUT2D eigenvalue weighted by Crippen LogP contribution is -2.15. The Balaban J connectivity index is 2.40. The fourth-order valence-electron chi connectivity index (χ4n) is 2.29. The minimum absolute atomic E-state index is 0.159. The first-order valence-electron chi connectivity index (χ1n) is 7.22. The molecule has 0 fully saturated rings. The smallest absolute Gasteiger partial charge is 0.341 e. The van der Waals surface area contributed by atoms with Crippen LogP contribution < -0.4 is 5.32 Å². The third-order valence-electron chi connectivity index (χ3n) is 3.36. The number of nitrogens with one attached hydrogen (secondary N) is 1. The van der Waals surface area contributed by atoms with Gasteiger partial charge in [0.1, 0.15) is 10.6 Å². The van der Waals surface area contributed by atoms with E-state index >= 15 is 0 Å². The number of ether oxygens (including phenoxy) is 1. The van der Waals surface area contributed by atoms with Crippen LogP contribution in [0.2, 0.25) is 0 Å². The third-order valence-corrected chi connectivity index (χ3v) is 4.38. The number of thiophene rings is 1. The number of carboxylic acid groups (broad SMARTS) is 1. The summed E-state index contributed by atoms with van der Waals surface area (Å²) in [5.41, 5.74) is 1.84. The summed E-state index contributed by atoms with van der Waals surface area (Å²) in [5, 5.41) is 11.7. The largest absolute Gasteiger partial charge is 0.481 e. The first-order valence-corrected chi connectivity index (χ1v) is 8.04. The molecule has 0 radical (unpaired) electrons. The van der Waals surface area contributed by atoms with Crippen LogP contribution in [0.25, 0.3) is 11.1 Å². The van der Waals surface area contributed by atoms with Crippen LogP contribution in [0, 0.1) is 6.92 Å². The Kier molecular flexibility index (Phi) is 5.70. The molecule has 0 bridgehead atoms. The van der Waals surface area contributed by atoms with Crippen molar-refractivity contribution in [3.05, 3.63) is 40.8 Å². The number of aliphatic carboxylic acids is 1. The van der Waals surface area contributed by atoms with Gasteiger partial charge >= 0.3 is 11.9 Å². The lowest BCUT2D eigenvalue weighted by Gasteiger charge is -2.07. The molecule has 24 heavy (non-hydrogen) atoms. The molecule has 0 saturated carbocycles. The number of carbonyl (C=O) groups is 3. The highest BCUT2D eigenvalue weighted by molar-refractivity contribution is 7.17. The van der Waals surface area contributed by atoms with E-state index in [-0.39, 0.29) is 18.4 Å². The van der Waals surface area contributed by atoms with E-state index in [9.17, 15) is 14.4 Å². The van der Waals surface area contributed by atoms with Gasteiger partial charge in [-0.1, -0.05) is 30.3 Å². The average Bonchev–Trinajstić information content (AvgIpc) is 2.89. The summed E-state index contributed by atoms with van der Waals surface area (Å²) >= 11 is 1.26. The zero-order valence-electron chi connectivity index (χ0n) is 13.3. The molecule has 0 spiro atoms. The molecular formula is C17H17NO5S. The number of rotatable bonds is 6. The Morgan fingerprint density at radius 1 is 1.17 bits per heavy atom. The maximum Gasteiger partial charge on any atom is 0.341 e. The van der Waals surface area contributed by atoms with Gasteiger partial charge in [0.15, 0.2) is 0 Å². The van der Waals surface area contributed by atoms with Gasteiger partial charge in [-0.25, -0.2) is 4.79 Å². The van der Waals surface area contributed by atoms with Crippen LogP contribution in [0.1, 0.15) is 28.1 Å². The lowest BCUT2D eigenvalue weighted by molar-refractivity contribution is -0.138. The van der Waals surface area contributed by atoms with Gasteiger partial charge in [0.05, 0.1) is 13.5 Å². The van der Waals surface area contributed by atoms with Gasteiger partial charge in [-0.2, -0.15) is 0 Å². The monoisotopic (exact) mass is 347 g/mol. The zero-order chi connectivity index (χ0) is 17.7. The van der Waals surface area contributed by atoms with Crippen LogP contribution >= 0.6 is 11.3 Å². The maximum atomic E-state index is 12.2. The van der Waals surface area contributed by atoms with Crippen molar-refractivity contribution in [2.75, 3.05) is 12.4 Å². The molecule has 1 heterocycles. The molecular weight excluding hydrogens is 330 g/mol. The number of hydrogen-bond donors (Lipinski definition) is 2. The molecule has 1 aromatic heterocycles. The first kappa shape index (κ1) is 17.7. The predicted octanol–water partition coefficient (Wildman–Crippen LogP) is 3.31. The van der Waals surface area contributed by atoms with Crippen LogP contribution in [0.15, 0.2) is 30.3 Å². The highest BCUT2D eigenvalue weighted by Crippen LogP contribution is 2.40. The van der Waals surface area contributed by atoms with E-state index in [0.29, 0.717) is 10.6 Å². The highest BCUT2D eigenvalue weighted by atomic mass is 32.1. The SMILES string of the molecule is COC(=O)c1c(NC(=O)CCC(=O)O)sc(C)c1-c1ccccc1. The van der Waals surface area contributed by atoms with Crippen molar-refractivity contribution in [2.24, 2.45) is 0 Å². The maximum absolute atomic E-state index is 12.2. The van der Waals surface area contributed by atoms with E-state index in [1.165, 1.54) is 18.4 Å². The van der Waals surface area contributed by atoms with Crippen molar-refractivity contribution in [3.63, 3.8) is 0 Å². The van der Waals surface area contributed by atoms with Crippen molar-refractivity contribution in [2.45, 2.75) is 19.8 Å². The lowest BCUT2D eigenvalue weighted by atomic mass is 10.0. The quantitative estimate of drug-likeness (QED) is 0.782. The van der Waals surface area contributed by atoms with Gasteiger partial charge in [0.25, 0.3) is 0 Å². The summed E-state index contributed by atoms with van der Waals surface area (Å²) in [7, 11) is 1.28. The second-order valence-electron chi connectivity index (χ2n) is 5.04. The predicted molar refractivity (Wildman–Crippen MR) is 91.3 cm³/mol. The fraction of sp³-hybridized carbons (Fsp3) is 0.235. The van der Waals surface area contributed by atoms with Crippen molar-refractivity contribution >= 4 is 34.2 Å². The van der Waals surface area contributed by atoms with Gasteiger partial charge in [0.2, 0.25) is 5.91 Å². The van der Waals surface area contributed by atoms with E-state index in [2.05, 4.69) is 5.32 Å². The Bertz CT molecular complexity index is 767. The minimum atomic E-state index is -1.05. The Hall–Kier alpha value is -2.67. The molecule has 0 unspecified atom stereocenters. The van der Waals surface area contributed by atoms with Crippen LogP contribution in [0.4, 0.5) is 5.00 Å². The molecule has 7 heteroatoms. The molecule has 0 atom stereocenters. The topological polar surface area (TPSA) is 92.7 Å². The van der Waals surface area contributed by atoms with Crippen LogP contribution in [-0.2, 0) is 14.3 Å². The molecule has 2 N–H and O–H groups in total. The molecule has 6 nitrogen and oxygen atoms in total. The normalized spacial score (nSPS) is 10.2. The van der Waals surface area contributed by atoms with Gasteiger partial charge < -0.3 is 15.2 Å². The van der Waals surface area contributed by atoms with Gasteiger partial charge in [0, 0.05) is 16.9 Å². The third kappa shape index (κ3) is 3.99. The first-order chi connectivity index (χ1) is 11.4. The number of carbonyl (C=O) groups excluding carboxylic acids is 2. The zero-order valence-corrected chi connectivity index (χ0v) is 14.1. The van der Waals surface area contributed by atoms with Crippen molar-refractivity contribution in [1.82, 2.24) is 0 Å². The Morgan fingerprint density at radius 2 is 1.83 bits per heavy atom. The Morgan fingerprint density at radius 3 is 2.42 bits per heavy atom. The molecule has 2 rings (SSSR count). The molecule has 1 aromatic carbocycles. The summed E-state index contributed by atoms with van der Waals surface area (Å²) < 4.78 is 4.85. The van der Waals surface area contributed by atoms with E-state index < -0.39 is 17.8 Å². The van der Waals surface area contributed by atoms with Gasteiger partial charge in [-0.3, -0.25) is 9.59 Å². The van der Waals surface area contributed by atoms with E-state index in [1.807, 2.05) is 37.3 Å². The number of aryl methyl sites for hydroxylation is 1. The second-order valence-corrected chi connectivity index (χ2v) is 6.26. The molecule has 0 aliphatic heterocycles. The molecule has 1 amide bonds. The number of anilines is 1. The number of hydrogen-bond acceptors (Lipinski definition) is 5. The van der Waals surface area contributed by atoms with Crippen LogP contribution in [-0.4, -0.2) is 30.1 Å². The number of carboxylic acids is 1. The molecule has 0 aliphatic carbocycles. The van der Waals surface area contributed by atoms with E-state index in [1.54, 1.807) is 0 Å². The molecule has 126 valence electrons. The summed E-state index contributed by atoms with van der Waals surface area (Å²) in [5.74, 6) is -2.05. The minimum Gasteiger partial charge on any atom is -0.481 e. The van der Waals surface area contributed by atoms with Gasteiger partial charge in [-0.05, 0) is 12.5 Å². The standard InChI is InChI=1S/C17H17NO5S/c1-10-14(11-6-4-3-5-7-11)15(17(22)23-2)16(24-10)18-12(19)8-9-13(20)21/h3-7H,8-9H2,1-2H3,(H,18,19)(H,20,21). The molecule has 0 aliphatic rings. The number of benzene rings is 1. The van der Waals surface area contributed by atoms with Gasteiger partial charge in [-0.15, -0.1) is 11.3 Å². The number of esters is 1. The van der Waals surface area contributed by atoms with Crippen molar-refractivity contribution < 1.29 is 24.2 Å². The molecule has 2 aromatic rings. The average molecular weight is 347 g/mol. The summed E-state index contributed by atoms with van der Waals surface area (Å²) in [4.78, 5) is 35.6. The Labute approximate surface area is 143 Å². The van der Waals surface area contributed by atoms with Crippen molar-refractivity contribution in [3.8, 4) is 11.1 Å². The summed E-state index contributed by atoms with van der Waals surface area (Å²) in [6.45, 7) is 1.85. The number of amides is 1. The number of methoxy groups -OCH3 is 1. The summed E-state index contributed by atoms with van der Waals surface area (Å²) in [6.07, 6.45) is -0.428. The second kappa shape index (κ2) is 7.74. The van der Waals surface area contributed by atoms with Crippen LogP contribution in [0.3, 0.4) is 0 Å². The fourth-order valence-corrected chi connectivity index (χ4v) is 3.37. The van der Waals surface area contributed by atoms with Crippen molar-refractivity contribution in [1.29, 1.82) is 0 Å². The van der Waals surface area contributed by atoms with E-state index in [4.69, 9.17) is 9.84 Å². The molecule has 0 saturated heterocycles. The summed E-state index contributed by atoms with van der Waals surface area (Å²) in [6, 6.07) is 9.34. The van der Waals surface area contributed by atoms with E-state index in [0.717, 1.165) is 10.4 Å². The van der Waals surface area contributed by atoms with Crippen LogP contribution in [0.5, 0.6) is 0 Å². The highest BCUT2D eigenvalue weighted by Gasteiger charge is 2.25.